The van der Waals surface area contributed by atoms with Gasteiger partial charge < -0.3 is 9.84 Å². The highest BCUT2D eigenvalue weighted by molar-refractivity contribution is 5.70. The summed E-state index contributed by atoms with van der Waals surface area (Å²) < 4.78 is 10.0. The Hall–Kier alpha value is -3.80. The van der Waals surface area contributed by atoms with E-state index in [0.717, 1.165) is 85.7 Å². The van der Waals surface area contributed by atoms with E-state index in [-0.39, 0.29) is 29.9 Å². The van der Waals surface area contributed by atoms with Gasteiger partial charge in [-0.05, 0) is 74.1 Å². The van der Waals surface area contributed by atoms with Crippen molar-refractivity contribution in [3.63, 3.8) is 0 Å². The highest BCUT2D eigenvalue weighted by atomic mass is 16.5. The van der Waals surface area contributed by atoms with Gasteiger partial charge in [0.1, 0.15) is 6.33 Å². The molecule has 2 aliphatic carbocycles. The van der Waals surface area contributed by atoms with Crippen LogP contribution in [0.25, 0.3) is 16.9 Å². The number of aromatic nitrogens is 4. The molecule has 212 valence electrons. The van der Waals surface area contributed by atoms with Crippen molar-refractivity contribution in [2.75, 3.05) is 0 Å². The molecular formula is C33H37N5O3. The fourth-order valence-corrected chi connectivity index (χ4v) is 6.67. The van der Waals surface area contributed by atoms with Crippen LogP contribution >= 0.6 is 0 Å². The van der Waals surface area contributed by atoms with E-state index < -0.39 is 0 Å². The highest BCUT2D eigenvalue weighted by Crippen LogP contribution is 2.34. The Bertz CT molecular complexity index is 1610. The third kappa shape index (κ3) is 5.44. The van der Waals surface area contributed by atoms with Gasteiger partial charge in [-0.1, -0.05) is 55.8 Å². The van der Waals surface area contributed by atoms with Gasteiger partial charge in [0.15, 0.2) is 0 Å². The van der Waals surface area contributed by atoms with Gasteiger partial charge in [-0.25, -0.2) is 4.52 Å². The first kappa shape index (κ1) is 27.4. The van der Waals surface area contributed by atoms with Crippen LogP contribution in [0.1, 0.15) is 86.7 Å². The van der Waals surface area contributed by atoms with Crippen molar-refractivity contribution >= 4 is 5.78 Å². The Labute approximate surface area is 240 Å². The second-order valence-electron chi connectivity index (χ2n) is 11.5. The zero-order valence-corrected chi connectivity index (χ0v) is 23.6. The first-order chi connectivity index (χ1) is 20.1. The first-order valence-corrected chi connectivity index (χ1v) is 14.9. The molecule has 0 saturated heterocycles. The zero-order chi connectivity index (χ0) is 28.3. The number of aryl methyl sites for hydroxylation is 1. The average molecular weight is 552 g/mol. The summed E-state index contributed by atoms with van der Waals surface area (Å²) in [5, 5.41) is 24.3. The van der Waals surface area contributed by atoms with E-state index >= 15 is 0 Å². The number of benzene rings is 2. The minimum Gasteiger partial charge on any atom is -0.390 e. The van der Waals surface area contributed by atoms with Crippen LogP contribution in [0.2, 0.25) is 0 Å². The molecule has 0 bridgehead atoms. The maximum absolute atomic E-state index is 14.2. The summed E-state index contributed by atoms with van der Waals surface area (Å²) >= 11 is 0. The number of aliphatic hydroxyl groups excluding tert-OH is 1. The minimum atomic E-state index is -0.352. The van der Waals surface area contributed by atoms with Crippen molar-refractivity contribution in [1.29, 1.82) is 5.26 Å². The Morgan fingerprint density at radius 3 is 2.54 bits per heavy atom. The van der Waals surface area contributed by atoms with E-state index in [1.807, 2.05) is 45.5 Å². The lowest BCUT2D eigenvalue weighted by Crippen LogP contribution is -2.36. The average Bonchev–Trinajstić information content (AvgIpc) is 3.65. The molecule has 0 aliphatic heterocycles. The van der Waals surface area contributed by atoms with Crippen LogP contribution in [-0.2, 0) is 17.6 Å². The van der Waals surface area contributed by atoms with E-state index in [0.29, 0.717) is 17.8 Å². The topological polar surface area (TPSA) is 105 Å². The van der Waals surface area contributed by atoms with Gasteiger partial charge in [-0.3, -0.25) is 9.36 Å². The van der Waals surface area contributed by atoms with Crippen molar-refractivity contribution in [2.45, 2.75) is 95.5 Å². The molecule has 2 aromatic carbocycles. The van der Waals surface area contributed by atoms with E-state index in [2.05, 4.69) is 35.2 Å². The van der Waals surface area contributed by atoms with Crippen LogP contribution < -0.4 is 5.56 Å². The normalized spacial score (nSPS) is 22.7. The maximum Gasteiger partial charge on any atom is 0.259 e. The second kappa shape index (κ2) is 12.0. The molecule has 2 heterocycles. The summed E-state index contributed by atoms with van der Waals surface area (Å²) in [5.74, 6) is 0.612. The van der Waals surface area contributed by atoms with Gasteiger partial charge in [0.05, 0.1) is 35.6 Å². The molecule has 8 heteroatoms. The summed E-state index contributed by atoms with van der Waals surface area (Å²) in [6.45, 7) is 2.11. The fourth-order valence-electron chi connectivity index (χ4n) is 6.67. The molecule has 8 nitrogen and oxygen atoms in total. The van der Waals surface area contributed by atoms with E-state index in [1.165, 1.54) is 0 Å². The van der Waals surface area contributed by atoms with Gasteiger partial charge in [-0.15, -0.1) is 0 Å². The van der Waals surface area contributed by atoms with Crippen molar-refractivity contribution < 1.29 is 9.84 Å². The number of hydrogen-bond donors (Lipinski definition) is 1. The van der Waals surface area contributed by atoms with Gasteiger partial charge in [0.2, 0.25) is 5.78 Å². The third-order valence-corrected chi connectivity index (χ3v) is 8.80. The van der Waals surface area contributed by atoms with Crippen molar-refractivity contribution in [3.8, 4) is 17.2 Å². The highest BCUT2D eigenvalue weighted by Gasteiger charge is 2.32. The molecule has 0 radical (unpaired) electrons. The predicted molar refractivity (Wildman–Crippen MR) is 157 cm³/mol. The van der Waals surface area contributed by atoms with Gasteiger partial charge in [0.25, 0.3) is 5.56 Å². The lowest BCUT2D eigenvalue weighted by Gasteiger charge is -2.32. The Kier molecular flexibility index (Phi) is 8.00. The van der Waals surface area contributed by atoms with Crippen LogP contribution in [0.4, 0.5) is 0 Å². The predicted octanol–water partition coefficient (Wildman–Crippen LogP) is 5.39. The molecule has 4 aromatic rings. The molecule has 2 fully saturated rings. The van der Waals surface area contributed by atoms with Gasteiger partial charge in [-0.2, -0.15) is 15.3 Å². The molecular weight excluding hydrogens is 514 g/mol. The van der Waals surface area contributed by atoms with Crippen LogP contribution in [0.3, 0.4) is 0 Å². The molecule has 6 rings (SSSR count). The summed E-state index contributed by atoms with van der Waals surface area (Å²) in [6, 6.07) is 18.1. The van der Waals surface area contributed by atoms with Crippen molar-refractivity contribution in [3.05, 3.63) is 87.6 Å². The third-order valence-electron chi connectivity index (χ3n) is 8.80. The largest absolute Gasteiger partial charge is 0.390 e. The molecule has 2 aromatic heterocycles. The van der Waals surface area contributed by atoms with E-state index in [1.54, 1.807) is 6.33 Å². The maximum atomic E-state index is 14.2. The van der Waals surface area contributed by atoms with Crippen molar-refractivity contribution in [1.82, 2.24) is 19.2 Å². The lowest BCUT2D eigenvalue weighted by molar-refractivity contribution is -0.0765. The smallest absolute Gasteiger partial charge is 0.259 e. The Balaban J connectivity index is 1.29. The standard InChI is InChI=1S/C33H37N5O3/c1-2-6-29-28(19-22-11-13-23(14-12-22)27-8-4-3-7-24(27)20-34)32(40)37(33-35-21-36-38(29)33)25-15-17-26(18-16-25)41-31-10-5-9-30(31)39/h3-4,7-8,11-14,21,25-26,30-31,39H,2,5-6,9-10,15-19H2,1H3/t25-,26-,30-,31+/m0/s1. The fraction of sp³-hybridized carbons (Fsp3) is 0.455. The molecule has 41 heavy (non-hydrogen) atoms. The van der Waals surface area contributed by atoms with Crippen LogP contribution in [0.15, 0.2) is 59.7 Å². The Morgan fingerprint density at radius 2 is 1.83 bits per heavy atom. The SMILES string of the molecule is CCCc1c(Cc2ccc(-c3ccccc3C#N)cc2)c(=O)n([C@H]2CC[C@H](O[C@@H]3CCC[C@@H]3O)CC2)c2ncnn12. The number of fused-ring (bicyclic) bond motifs is 1. The number of rotatable bonds is 8. The van der Waals surface area contributed by atoms with Crippen LogP contribution in [0, 0.1) is 11.3 Å². The quantitative estimate of drug-likeness (QED) is 0.315. The minimum absolute atomic E-state index is 0.0171. The zero-order valence-electron chi connectivity index (χ0n) is 23.6. The molecule has 2 atom stereocenters. The van der Waals surface area contributed by atoms with Gasteiger partial charge in [0, 0.05) is 18.0 Å². The second-order valence-corrected chi connectivity index (χ2v) is 11.5. The molecule has 0 amide bonds. The van der Waals surface area contributed by atoms with Gasteiger partial charge >= 0.3 is 0 Å². The van der Waals surface area contributed by atoms with Crippen molar-refractivity contribution in [2.24, 2.45) is 0 Å². The summed E-state index contributed by atoms with van der Waals surface area (Å²) in [5.41, 5.74) is 5.27. The van der Waals surface area contributed by atoms with Crippen LogP contribution in [0.5, 0.6) is 0 Å². The summed E-state index contributed by atoms with van der Waals surface area (Å²) in [4.78, 5) is 18.8. The first-order valence-electron chi connectivity index (χ1n) is 14.9. The lowest BCUT2D eigenvalue weighted by atomic mass is 9.92. The number of hydrogen-bond acceptors (Lipinski definition) is 6. The summed E-state index contributed by atoms with van der Waals surface area (Å²) in [7, 11) is 0. The van der Waals surface area contributed by atoms with Crippen LogP contribution in [-0.4, -0.2) is 42.6 Å². The monoisotopic (exact) mass is 551 g/mol. The number of nitriles is 1. The number of nitrogens with zero attached hydrogens (tertiary/aromatic N) is 5. The van der Waals surface area contributed by atoms with E-state index in [4.69, 9.17) is 4.74 Å². The Morgan fingerprint density at radius 1 is 1.05 bits per heavy atom. The number of aliphatic hydroxyl groups is 1. The van der Waals surface area contributed by atoms with E-state index in [9.17, 15) is 15.2 Å². The molecule has 2 saturated carbocycles. The summed E-state index contributed by atoms with van der Waals surface area (Å²) in [6.07, 6.45) is 9.54. The number of ether oxygens (including phenoxy) is 1. The molecule has 2 aliphatic rings. The molecule has 0 spiro atoms. The molecule has 1 N–H and O–H groups in total. The molecule has 0 unspecified atom stereocenters.